The number of nitrogens with two attached hydrogens (primary N) is 1. The molecule has 0 bridgehead atoms. The Hall–Kier alpha value is -0.0700. The Balaban J connectivity index is 0. The SMILES string of the molecule is CCN1CCN(CCC(=O)N(C)CCC(N)C(C)C)CC1.Cl.Cl. The number of halogens is 2. The third kappa shape index (κ3) is 9.72. The van der Waals surface area contributed by atoms with Crippen molar-refractivity contribution in [3.05, 3.63) is 0 Å². The van der Waals surface area contributed by atoms with Gasteiger partial charge in [0.1, 0.15) is 0 Å². The maximum absolute atomic E-state index is 12.1. The van der Waals surface area contributed by atoms with Gasteiger partial charge < -0.3 is 20.4 Å². The molecule has 7 heteroatoms. The van der Waals surface area contributed by atoms with Crippen LogP contribution in [0.3, 0.4) is 0 Å². The van der Waals surface area contributed by atoms with Gasteiger partial charge in [-0.05, 0) is 18.9 Å². The highest BCUT2D eigenvalue weighted by molar-refractivity contribution is 5.85. The summed E-state index contributed by atoms with van der Waals surface area (Å²) in [7, 11) is 1.89. The molecule has 1 aliphatic rings. The summed E-state index contributed by atoms with van der Waals surface area (Å²) in [6.45, 7) is 13.7. The highest BCUT2D eigenvalue weighted by Crippen LogP contribution is 2.06. The lowest BCUT2D eigenvalue weighted by Gasteiger charge is -2.34. The Labute approximate surface area is 154 Å². The highest BCUT2D eigenvalue weighted by Gasteiger charge is 2.17. The minimum absolute atomic E-state index is 0. The number of carbonyl (C=O) groups is 1. The van der Waals surface area contributed by atoms with Crippen LogP contribution in [0.1, 0.15) is 33.6 Å². The molecule has 5 nitrogen and oxygen atoms in total. The molecule has 0 aromatic carbocycles. The zero-order valence-electron chi connectivity index (χ0n) is 15.2. The standard InChI is InChI=1S/C16H34N4O.2ClH/c1-5-19-10-12-20(13-11-19)9-7-16(21)18(4)8-6-15(17)14(2)3;;/h14-15H,5-13,17H2,1-4H3;2*1H. The molecule has 1 rings (SSSR count). The molecule has 1 amide bonds. The molecule has 1 saturated heterocycles. The predicted molar refractivity (Wildman–Crippen MR) is 103 cm³/mol. The van der Waals surface area contributed by atoms with Crippen LogP contribution in [0.25, 0.3) is 0 Å². The van der Waals surface area contributed by atoms with E-state index in [1.54, 1.807) is 0 Å². The first-order valence-corrected chi connectivity index (χ1v) is 8.38. The van der Waals surface area contributed by atoms with E-state index in [1.807, 2.05) is 11.9 Å². The number of hydrogen-bond acceptors (Lipinski definition) is 4. The quantitative estimate of drug-likeness (QED) is 0.706. The number of nitrogens with zero attached hydrogens (tertiary/aromatic N) is 3. The molecule has 1 unspecified atom stereocenters. The molecule has 0 aliphatic carbocycles. The number of hydrogen-bond donors (Lipinski definition) is 1. The molecule has 140 valence electrons. The Morgan fingerprint density at radius 1 is 1.13 bits per heavy atom. The van der Waals surface area contributed by atoms with Crippen molar-refractivity contribution < 1.29 is 4.79 Å². The van der Waals surface area contributed by atoms with Crippen molar-refractivity contribution in [2.45, 2.75) is 39.7 Å². The van der Waals surface area contributed by atoms with Crippen molar-refractivity contribution in [2.75, 3.05) is 52.9 Å². The minimum Gasteiger partial charge on any atom is -0.346 e. The molecule has 0 spiro atoms. The minimum atomic E-state index is 0. The van der Waals surface area contributed by atoms with Crippen LogP contribution in [-0.4, -0.2) is 79.5 Å². The second-order valence-corrected chi connectivity index (χ2v) is 6.54. The topological polar surface area (TPSA) is 52.8 Å². The van der Waals surface area contributed by atoms with E-state index < -0.39 is 0 Å². The van der Waals surface area contributed by atoms with E-state index in [0.717, 1.165) is 52.2 Å². The maximum atomic E-state index is 12.1. The maximum Gasteiger partial charge on any atom is 0.223 e. The van der Waals surface area contributed by atoms with Crippen molar-refractivity contribution in [1.82, 2.24) is 14.7 Å². The van der Waals surface area contributed by atoms with E-state index in [0.29, 0.717) is 12.3 Å². The average molecular weight is 371 g/mol. The second kappa shape index (κ2) is 13.2. The number of carbonyl (C=O) groups excluding carboxylic acids is 1. The van der Waals surface area contributed by atoms with Gasteiger partial charge in [0.25, 0.3) is 0 Å². The highest BCUT2D eigenvalue weighted by atomic mass is 35.5. The Bertz CT molecular complexity index is 310. The first kappa shape index (κ1) is 25.2. The van der Waals surface area contributed by atoms with Gasteiger partial charge >= 0.3 is 0 Å². The molecule has 0 aromatic rings. The molecule has 0 saturated carbocycles. The van der Waals surface area contributed by atoms with Crippen molar-refractivity contribution in [3.63, 3.8) is 0 Å². The number of rotatable bonds is 8. The average Bonchev–Trinajstić information content (AvgIpc) is 2.50. The first-order valence-electron chi connectivity index (χ1n) is 8.38. The summed E-state index contributed by atoms with van der Waals surface area (Å²) in [6, 6.07) is 0.183. The molecule has 0 aromatic heterocycles. The van der Waals surface area contributed by atoms with E-state index in [-0.39, 0.29) is 36.8 Å². The van der Waals surface area contributed by atoms with Gasteiger partial charge in [-0.1, -0.05) is 20.8 Å². The summed E-state index contributed by atoms with van der Waals surface area (Å²) in [5.74, 6) is 0.715. The Kier molecular flexibility index (Phi) is 14.5. The van der Waals surface area contributed by atoms with E-state index in [9.17, 15) is 4.79 Å². The molecule has 1 fully saturated rings. The predicted octanol–water partition coefficient (Wildman–Crippen LogP) is 1.69. The lowest BCUT2D eigenvalue weighted by Crippen LogP contribution is -2.47. The molecule has 0 radical (unpaired) electrons. The third-order valence-corrected chi connectivity index (χ3v) is 4.63. The van der Waals surface area contributed by atoms with E-state index in [1.165, 1.54) is 0 Å². The number of amides is 1. The van der Waals surface area contributed by atoms with E-state index in [4.69, 9.17) is 5.73 Å². The van der Waals surface area contributed by atoms with Crippen LogP contribution in [0, 0.1) is 5.92 Å². The van der Waals surface area contributed by atoms with Crippen LogP contribution in [0.4, 0.5) is 0 Å². The second-order valence-electron chi connectivity index (χ2n) is 6.54. The molecular weight excluding hydrogens is 335 g/mol. The van der Waals surface area contributed by atoms with Crippen LogP contribution in [0.2, 0.25) is 0 Å². The van der Waals surface area contributed by atoms with Gasteiger partial charge in [0.15, 0.2) is 0 Å². The fourth-order valence-corrected chi connectivity index (χ4v) is 2.57. The number of piperazine rings is 1. The largest absolute Gasteiger partial charge is 0.346 e. The third-order valence-electron chi connectivity index (χ3n) is 4.63. The molecular formula is C16H36Cl2N4O. The molecule has 23 heavy (non-hydrogen) atoms. The van der Waals surface area contributed by atoms with Crippen LogP contribution in [-0.2, 0) is 4.79 Å². The fourth-order valence-electron chi connectivity index (χ4n) is 2.57. The molecule has 1 aliphatic heterocycles. The Morgan fingerprint density at radius 3 is 2.13 bits per heavy atom. The van der Waals surface area contributed by atoms with E-state index in [2.05, 4.69) is 30.6 Å². The van der Waals surface area contributed by atoms with Gasteiger partial charge in [-0.2, -0.15) is 0 Å². The van der Waals surface area contributed by atoms with Crippen LogP contribution in [0.15, 0.2) is 0 Å². The Morgan fingerprint density at radius 2 is 1.65 bits per heavy atom. The van der Waals surface area contributed by atoms with Gasteiger partial charge in [-0.3, -0.25) is 4.79 Å². The summed E-state index contributed by atoms with van der Waals surface area (Å²) in [6.07, 6.45) is 1.51. The van der Waals surface area contributed by atoms with Crippen LogP contribution in [0.5, 0.6) is 0 Å². The fraction of sp³-hybridized carbons (Fsp3) is 0.938. The normalized spacial score (nSPS) is 17.3. The lowest BCUT2D eigenvalue weighted by molar-refractivity contribution is -0.130. The van der Waals surface area contributed by atoms with Crippen LogP contribution < -0.4 is 5.73 Å². The zero-order valence-corrected chi connectivity index (χ0v) is 16.8. The zero-order chi connectivity index (χ0) is 15.8. The van der Waals surface area contributed by atoms with Gasteiger partial charge in [0.05, 0.1) is 0 Å². The summed E-state index contributed by atoms with van der Waals surface area (Å²) < 4.78 is 0. The van der Waals surface area contributed by atoms with Crippen molar-refractivity contribution in [3.8, 4) is 0 Å². The molecule has 2 N–H and O–H groups in total. The summed E-state index contributed by atoms with van der Waals surface area (Å²) >= 11 is 0. The first-order chi connectivity index (χ1) is 9.93. The van der Waals surface area contributed by atoms with E-state index >= 15 is 0 Å². The number of likely N-dealkylation sites (N-methyl/N-ethyl adjacent to an activating group) is 1. The molecule has 1 heterocycles. The van der Waals surface area contributed by atoms with Gasteiger partial charge in [0.2, 0.25) is 5.91 Å². The monoisotopic (exact) mass is 370 g/mol. The summed E-state index contributed by atoms with van der Waals surface area (Å²) in [5.41, 5.74) is 6.03. The molecule has 1 atom stereocenters. The van der Waals surface area contributed by atoms with Gasteiger partial charge in [0, 0.05) is 58.8 Å². The van der Waals surface area contributed by atoms with Crippen molar-refractivity contribution >= 4 is 30.7 Å². The van der Waals surface area contributed by atoms with Crippen LogP contribution >= 0.6 is 24.8 Å². The lowest BCUT2D eigenvalue weighted by atomic mass is 10.0. The van der Waals surface area contributed by atoms with Gasteiger partial charge in [-0.15, -0.1) is 24.8 Å². The van der Waals surface area contributed by atoms with Crippen molar-refractivity contribution in [1.29, 1.82) is 0 Å². The summed E-state index contributed by atoms with van der Waals surface area (Å²) in [5, 5.41) is 0. The summed E-state index contributed by atoms with van der Waals surface area (Å²) in [4.78, 5) is 18.8. The van der Waals surface area contributed by atoms with Crippen molar-refractivity contribution in [2.24, 2.45) is 11.7 Å². The van der Waals surface area contributed by atoms with Gasteiger partial charge in [-0.25, -0.2) is 0 Å². The smallest absolute Gasteiger partial charge is 0.223 e.